The molecule has 4 aliphatic carbocycles. The molecule has 10 atom stereocenters. The Morgan fingerprint density at radius 2 is 1.83 bits per heavy atom. The van der Waals surface area contributed by atoms with Crippen LogP contribution >= 0.6 is 0 Å². The van der Waals surface area contributed by atoms with Crippen LogP contribution in [0.2, 0.25) is 0 Å². The first-order valence-corrected chi connectivity index (χ1v) is 12.6. The van der Waals surface area contributed by atoms with E-state index in [4.69, 9.17) is 4.74 Å². The molecule has 1 unspecified atom stereocenters. The fourth-order valence-electron chi connectivity index (χ4n) is 9.56. The molecule has 4 heteroatoms. The standard InChI is InChI=1S/C26H44O4/c1-6-7-16(2)19-8-9-20-18-14-22(28)26(23(29)30-5)15-17(27)10-13-25(26,4)21(18)11-12-24(19,20)3/h16-22,27-28H,6-15H2,1-5H3/t16-,17-,18+,19-,20+,21+,22+,24-,25-,26?/m1/s1. The third-order valence-electron chi connectivity index (χ3n) is 10.9. The average Bonchev–Trinajstić information content (AvgIpc) is 3.06. The van der Waals surface area contributed by atoms with Crippen LogP contribution < -0.4 is 0 Å². The Kier molecular flexibility index (Phi) is 5.84. The van der Waals surface area contributed by atoms with E-state index < -0.39 is 17.6 Å². The molecular weight excluding hydrogens is 376 g/mol. The van der Waals surface area contributed by atoms with Crippen molar-refractivity contribution in [3.8, 4) is 0 Å². The van der Waals surface area contributed by atoms with Crippen molar-refractivity contribution in [2.75, 3.05) is 7.11 Å². The molecule has 0 aliphatic heterocycles. The van der Waals surface area contributed by atoms with Gasteiger partial charge >= 0.3 is 5.97 Å². The van der Waals surface area contributed by atoms with Gasteiger partial charge in [-0.1, -0.05) is 40.5 Å². The molecule has 2 N–H and O–H groups in total. The van der Waals surface area contributed by atoms with E-state index in [0.717, 1.165) is 31.1 Å². The highest BCUT2D eigenvalue weighted by atomic mass is 16.5. The number of hydrogen-bond acceptors (Lipinski definition) is 4. The number of ether oxygens (including phenoxy) is 1. The normalized spacial score (nSPS) is 51.4. The summed E-state index contributed by atoms with van der Waals surface area (Å²) in [4.78, 5) is 13.2. The van der Waals surface area contributed by atoms with Gasteiger partial charge in [-0.3, -0.25) is 4.79 Å². The minimum Gasteiger partial charge on any atom is -0.468 e. The molecule has 0 spiro atoms. The molecular formula is C26H44O4. The highest BCUT2D eigenvalue weighted by Crippen LogP contribution is 2.71. The van der Waals surface area contributed by atoms with Crippen molar-refractivity contribution in [3.05, 3.63) is 0 Å². The highest BCUT2D eigenvalue weighted by Gasteiger charge is 2.70. The van der Waals surface area contributed by atoms with Gasteiger partial charge in [-0.05, 0) is 91.8 Å². The summed E-state index contributed by atoms with van der Waals surface area (Å²) in [7, 11) is 1.44. The predicted octanol–water partition coefficient (Wildman–Crippen LogP) is 4.96. The molecule has 4 fully saturated rings. The fourth-order valence-corrected chi connectivity index (χ4v) is 9.56. The van der Waals surface area contributed by atoms with Crippen molar-refractivity contribution in [2.45, 2.75) is 104 Å². The molecule has 0 bridgehead atoms. The Hall–Kier alpha value is -0.610. The van der Waals surface area contributed by atoms with Gasteiger partial charge in [0.05, 0.1) is 19.3 Å². The quantitative estimate of drug-likeness (QED) is 0.631. The zero-order chi connectivity index (χ0) is 21.9. The van der Waals surface area contributed by atoms with Crippen LogP contribution in [-0.4, -0.2) is 35.5 Å². The molecule has 0 aromatic heterocycles. The summed E-state index contributed by atoms with van der Waals surface area (Å²) in [5, 5.41) is 22.0. The molecule has 0 heterocycles. The van der Waals surface area contributed by atoms with E-state index in [1.807, 2.05) is 0 Å². The lowest BCUT2D eigenvalue weighted by molar-refractivity contribution is -0.236. The van der Waals surface area contributed by atoms with Crippen LogP contribution in [0.4, 0.5) is 0 Å². The zero-order valence-corrected chi connectivity index (χ0v) is 19.8. The molecule has 4 rings (SSSR count). The summed E-state index contributed by atoms with van der Waals surface area (Å²) in [5.41, 5.74) is -0.886. The summed E-state index contributed by atoms with van der Waals surface area (Å²) < 4.78 is 5.29. The fraction of sp³-hybridized carbons (Fsp3) is 0.962. The molecule has 30 heavy (non-hydrogen) atoms. The maximum Gasteiger partial charge on any atom is 0.315 e. The lowest BCUT2D eigenvalue weighted by Gasteiger charge is -2.66. The maximum absolute atomic E-state index is 13.2. The summed E-state index contributed by atoms with van der Waals surface area (Å²) in [5.74, 6) is 2.82. The predicted molar refractivity (Wildman–Crippen MR) is 118 cm³/mol. The van der Waals surface area contributed by atoms with E-state index in [0.29, 0.717) is 36.0 Å². The SMILES string of the molecule is CCC[C@@H](C)[C@H]1CC[C@H]2[C@@H]3C[C@H](O)C4(C(=O)OC)C[C@H](O)CC[C@]4(C)[C@H]3CC[C@]12C. The lowest BCUT2D eigenvalue weighted by Crippen LogP contribution is -2.67. The first kappa shape index (κ1) is 22.6. The molecule has 0 saturated heterocycles. The van der Waals surface area contributed by atoms with Crippen LogP contribution in [0.5, 0.6) is 0 Å². The topological polar surface area (TPSA) is 66.8 Å². The van der Waals surface area contributed by atoms with Crippen molar-refractivity contribution in [2.24, 2.45) is 45.8 Å². The zero-order valence-electron chi connectivity index (χ0n) is 19.8. The van der Waals surface area contributed by atoms with E-state index in [9.17, 15) is 15.0 Å². The van der Waals surface area contributed by atoms with Gasteiger partial charge < -0.3 is 14.9 Å². The molecule has 0 radical (unpaired) electrons. The van der Waals surface area contributed by atoms with Crippen LogP contribution in [0.25, 0.3) is 0 Å². The van der Waals surface area contributed by atoms with Gasteiger partial charge in [0.15, 0.2) is 0 Å². The third-order valence-corrected chi connectivity index (χ3v) is 10.9. The number of methoxy groups -OCH3 is 1. The molecule has 4 aliphatic rings. The summed E-state index contributed by atoms with van der Waals surface area (Å²) in [6.07, 6.45) is 8.86. The number of aliphatic hydroxyl groups is 2. The number of carbonyl (C=O) groups is 1. The lowest BCUT2D eigenvalue weighted by atomic mass is 9.39. The maximum atomic E-state index is 13.2. The minimum atomic E-state index is -0.957. The summed E-state index contributed by atoms with van der Waals surface area (Å²) in [6.45, 7) is 9.53. The number of rotatable bonds is 4. The van der Waals surface area contributed by atoms with E-state index in [1.165, 1.54) is 39.2 Å². The van der Waals surface area contributed by atoms with Crippen LogP contribution in [0.1, 0.15) is 91.9 Å². The third kappa shape index (κ3) is 2.88. The molecule has 0 aromatic rings. The van der Waals surface area contributed by atoms with Crippen LogP contribution in [-0.2, 0) is 9.53 Å². The molecule has 4 nitrogen and oxygen atoms in total. The largest absolute Gasteiger partial charge is 0.468 e. The second-order valence-corrected chi connectivity index (χ2v) is 11.9. The van der Waals surface area contributed by atoms with E-state index in [1.54, 1.807) is 0 Å². The van der Waals surface area contributed by atoms with E-state index >= 15 is 0 Å². The molecule has 4 saturated carbocycles. The monoisotopic (exact) mass is 420 g/mol. The number of carbonyl (C=O) groups excluding carboxylic acids is 1. The van der Waals surface area contributed by atoms with Crippen molar-refractivity contribution in [1.82, 2.24) is 0 Å². The van der Waals surface area contributed by atoms with Crippen LogP contribution in [0.15, 0.2) is 0 Å². The van der Waals surface area contributed by atoms with Crippen LogP contribution in [0.3, 0.4) is 0 Å². The van der Waals surface area contributed by atoms with Gasteiger partial charge in [0.25, 0.3) is 0 Å². The summed E-state index contributed by atoms with van der Waals surface area (Å²) in [6, 6.07) is 0. The Labute approximate surface area is 183 Å². The van der Waals surface area contributed by atoms with Crippen molar-refractivity contribution >= 4 is 5.97 Å². The van der Waals surface area contributed by atoms with Crippen LogP contribution in [0, 0.1) is 45.8 Å². The Bertz CT molecular complexity index is 663. The van der Waals surface area contributed by atoms with Crippen molar-refractivity contribution in [3.63, 3.8) is 0 Å². The van der Waals surface area contributed by atoms with E-state index in [-0.39, 0.29) is 11.4 Å². The van der Waals surface area contributed by atoms with Gasteiger partial charge in [0, 0.05) is 0 Å². The second-order valence-electron chi connectivity index (χ2n) is 11.9. The van der Waals surface area contributed by atoms with E-state index in [2.05, 4.69) is 27.7 Å². The van der Waals surface area contributed by atoms with Crippen molar-refractivity contribution < 1.29 is 19.7 Å². The number of esters is 1. The van der Waals surface area contributed by atoms with Gasteiger partial charge in [-0.25, -0.2) is 0 Å². The molecule has 172 valence electrons. The molecule has 0 aromatic carbocycles. The Balaban J connectivity index is 1.69. The number of aliphatic hydroxyl groups excluding tert-OH is 2. The van der Waals surface area contributed by atoms with Gasteiger partial charge in [-0.15, -0.1) is 0 Å². The first-order valence-electron chi connectivity index (χ1n) is 12.6. The Morgan fingerprint density at radius 3 is 2.50 bits per heavy atom. The van der Waals surface area contributed by atoms with Gasteiger partial charge in [-0.2, -0.15) is 0 Å². The summed E-state index contributed by atoms with van der Waals surface area (Å²) >= 11 is 0. The highest BCUT2D eigenvalue weighted by molar-refractivity contribution is 5.79. The minimum absolute atomic E-state index is 0.296. The smallest absolute Gasteiger partial charge is 0.315 e. The molecule has 0 amide bonds. The second kappa shape index (κ2) is 7.76. The average molecular weight is 421 g/mol. The number of fused-ring (bicyclic) bond motifs is 5. The van der Waals surface area contributed by atoms with Gasteiger partial charge in [0.1, 0.15) is 5.41 Å². The first-order chi connectivity index (χ1) is 14.2. The van der Waals surface area contributed by atoms with Gasteiger partial charge in [0.2, 0.25) is 0 Å². The number of hydrogen-bond donors (Lipinski definition) is 2. The van der Waals surface area contributed by atoms with Crippen molar-refractivity contribution in [1.29, 1.82) is 0 Å². The Morgan fingerprint density at radius 1 is 1.10 bits per heavy atom.